The summed E-state index contributed by atoms with van der Waals surface area (Å²) in [6.45, 7) is 1.70. The van der Waals surface area contributed by atoms with E-state index in [1.807, 2.05) is 0 Å². The van der Waals surface area contributed by atoms with Crippen LogP contribution in [0.15, 0.2) is 29.3 Å². The summed E-state index contributed by atoms with van der Waals surface area (Å²) in [5.41, 5.74) is 5.70. The Morgan fingerprint density at radius 1 is 1.53 bits per heavy atom. The van der Waals surface area contributed by atoms with Gasteiger partial charge in [0.1, 0.15) is 0 Å². The molecule has 7 heteroatoms. The van der Waals surface area contributed by atoms with Crippen molar-refractivity contribution < 1.29 is 13.2 Å². The lowest BCUT2D eigenvalue weighted by Crippen LogP contribution is -2.12. The van der Waals surface area contributed by atoms with E-state index in [1.165, 1.54) is 12.1 Å². The molecule has 1 rings (SSSR count). The molecule has 0 radical (unpaired) electrons. The zero-order chi connectivity index (χ0) is 13.1. The van der Waals surface area contributed by atoms with Crippen LogP contribution in [0.25, 0.3) is 0 Å². The molecule has 1 heterocycles. The van der Waals surface area contributed by atoms with Gasteiger partial charge in [0.25, 0.3) is 0 Å². The minimum atomic E-state index is -3.35. The van der Waals surface area contributed by atoms with Crippen molar-refractivity contribution in [3.05, 3.63) is 24.4 Å². The molecule has 0 aromatic carbocycles. The number of allylic oxidation sites excluding steroid dienone is 1. The number of nitrogens with one attached hydrogen (secondary N) is 1. The first-order valence-electron chi connectivity index (χ1n) is 4.74. The molecule has 0 aliphatic heterocycles. The average Bonchev–Trinajstić information content (AvgIpc) is 2.20. The predicted molar refractivity (Wildman–Crippen MR) is 65.2 cm³/mol. The second-order valence-corrected chi connectivity index (χ2v) is 5.39. The van der Waals surface area contributed by atoms with Gasteiger partial charge in [-0.15, -0.1) is 0 Å². The molecule has 1 aromatic heterocycles. The minimum Gasteiger partial charge on any atom is -0.396 e. The first-order valence-corrected chi connectivity index (χ1v) is 6.63. The van der Waals surface area contributed by atoms with Gasteiger partial charge in [0.15, 0.2) is 15.7 Å². The minimum absolute atomic E-state index is 0.0130. The summed E-state index contributed by atoms with van der Waals surface area (Å²) in [7, 11) is -3.35. The standard InChI is InChI=1S/C10H13N3O3S/c1-3-4-9(14)13-10-8(11)5-7(6-12-10)17(2,15)16/h3-6H,11H2,1-2H3,(H,12,13,14). The van der Waals surface area contributed by atoms with Crippen LogP contribution < -0.4 is 11.1 Å². The van der Waals surface area contributed by atoms with Gasteiger partial charge >= 0.3 is 0 Å². The second-order valence-electron chi connectivity index (χ2n) is 3.37. The first-order chi connectivity index (χ1) is 7.84. The van der Waals surface area contributed by atoms with Crippen molar-refractivity contribution in [2.75, 3.05) is 17.3 Å². The van der Waals surface area contributed by atoms with Crippen LogP contribution in [0.5, 0.6) is 0 Å². The highest BCUT2D eigenvalue weighted by molar-refractivity contribution is 7.90. The predicted octanol–water partition coefficient (Wildman–Crippen LogP) is 0.582. The molecule has 0 bridgehead atoms. The van der Waals surface area contributed by atoms with E-state index in [0.717, 1.165) is 12.5 Å². The Morgan fingerprint density at radius 2 is 2.18 bits per heavy atom. The lowest BCUT2D eigenvalue weighted by Gasteiger charge is -2.06. The largest absolute Gasteiger partial charge is 0.396 e. The molecule has 0 aliphatic carbocycles. The second kappa shape index (κ2) is 4.96. The maximum atomic E-state index is 11.2. The number of nitrogens with zero attached hydrogens (tertiary/aromatic N) is 1. The van der Waals surface area contributed by atoms with Crippen LogP contribution in [-0.2, 0) is 14.6 Å². The van der Waals surface area contributed by atoms with Gasteiger partial charge in [0.05, 0.1) is 10.6 Å². The van der Waals surface area contributed by atoms with Crippen molar-refractivity contribution in [2.24, 2.45) is 0 Å². The van der Waals surface area contributed by atoms with Crippen molar-refractivity contribution >= 4 is 27.2 Å². The number of pyridine rings is 1. The molecule has 0 fully saturated rings. The Bertz CT molecular complexity index is 564. The van der Waals surface area contributed by atoms with E-state index in [-0.39, 0.29) is 22.3 Å². The molecule has 0 saturated heterocycles. The Hall–Kier alpha value is -1.89. The van der Waals surface area contributed by atoms with Gasteiger partial charge in [0.2, 0.25) is 5.91 Å². The summed E-state index contributed by atoms with van der Waals surface area (Å²) in [5.74, 6) is -0.237. The van der Waals surface area contributed by atoms with Crippen molar-refractivity contribution in [3.63, 3.8) is 0 Å². The molecular formula is C10H13N3O3S. The highest BCUT2D eigenvalue weighted by atomic mass is 32.2. The fraction of sp³-hybridized carbons (Fsp3) is 0.200. The van der Waals surface area contributed by atoms with Crippen LogP contribution in [-0.4, -0.2) is 25.6 Å². The Balaban J connectivity index is 3.03. The molecule has 17 heavy (non-hydrogen) atoms. The zero-order valence-electron chi connectivity index (χ0n) is 9.47. The average molecular weight is 255 g/mol. The van der Waals surface area contributed by atoms with Crippen LogP contribution in [0.1, 0.15) is 6.92 Å². The molecule has 1 aromatic rings. The summed E-state index contributed by atoms with van der Waals surface area (Å²) in [5, 5.41) is 2.43. The van der Waals surface area contributed by atoms with Crippen LogP contribution in [0.2, 0.25) is 0 Å². The van der Waals surface area contributed by atoms with Crippen molar-refractivity contribution in [1.29, 1.82) is 0 Å². The number of amides is 1. The highest BCUT2D eigenvalue weighted by Crippen LogP contribution is 2.19. The number of hydrogen-bond donors (Lipinski definition) is 2. The SMILES string of the molecule is CC=CC(=O)Nc1ncc(S(C)(=O)=O)cc1N. The fourth-order valence-electron chi connectivity index (χ4n) is 1.08. The Kier molecular flexibility index (Phi) is 3.84. The molecule has 6 nitrogen and oxygen atoms in total. The maximum absolute atomic E-state index is 11.2. The number of nitrogen functional groups attached to an aromatic ring is 1. The van der Waals surface area contributed by atoms with Crippen molar-refractivity contribution in [2.45, 2.75) is 11.8 Å². The molecule has 0 aliphatic rings. The van der Waals surface area contributed by atoms with Gasteiger partial charge in [0, 0.05) is 12.5 Å². The first kappa shape index (κ1) is 13.2. The number of rotatable bonds is 3. The van der Waals surface area contributed by atoms with Crippen LogP contribution in [0.4, 0.5) is 11.5 Å². The Morgan fingerprint density at radius 3 is 2.65 bits per heavy atom. The fourth-order valence-corrected chi connectivity index (χ4v) is 1.66. The number of sulfone groups is 1. The summed E-state index contributed by atoms with van der Waals surface area (Å²) in [6, 6.07) is 1.26. The molecular weight excluding hydrogens is 242 g/mol. The van der Waals surface area contributed by atoms with E-state index < -0.39 is 9.84 Å². The van der Waals surface area contributed by atoms with Gasteiger partial charge in [-0.05, 0) is 19.1 Å². The van der Waals surface area contributed by atoms with Gasteiger partial charge in [-0.25, -0.2) is 13.4 Å². The molecule has 92 valence electrons. The van der Waals surface area contributed by atoms with E-state index in [4.69, 9.17) is 5.73 Å². The number of carbonyl (C=O) groups is 1. The summed E-state index contributed by atoms with van der Waals surface area (Å²) in [6.07, 6.45) is 5.08. The van der Waals surface area contributed by atoms with E-state index in [0.29, 0.717) is 0 Å². The molecule has 3 N–H and O–H groups in total. The Labute approximate surface area is 99.5 Å². The molecule has 0 spiro atoms. The third-order valence-corrected chi connectivity index (χ3v) is 2.96. The topological polar surface area (TPSA) is 102 Å². The van der Waals surface area contributed by atoms with Crippen LogP contribution in [0, 0.1) is 0 Å². The van der Waals surface area contributed by atoms with Crippen LogP contribution in [0.3, 0.4) is 0 Å². The monoisotopic (exact) mass is 255 g/mol. The number of anilines is 2. The lowest BCUT2D eigenvalue weighted by atomic mass is 10.4. The highest BCUT2D eigenvalue weighted by Gasteiger charge is 2.11. The third kappa shape index (κ3) is 3.56. The van der Waals surface area contributed by atoms with Gasteiger partial charge in [-0.3, -0.25) is 4.79 Å². The summed E-state index contributed by atoms with van der Waals surface area (Å²) >= 11 is 0. The van der Waals surface area contributed by atoms with Gasteiger partial charge in [-0.1, -0.05) is 6.08 Å². The maximum Gasteiger partial charge on any atom is 0.249 e. The normalized spacial score (nSPS) is 11.6. The van der Waals surface area contributed by atoms with Crippen LogP contribution >= 0.6 is 0 Å². The number of aromatic nitrogens is 1. The molecule has 1 amide bonds. The van der Waals surface area contributed by atoms with Gasteiger partial charge < -0.3 is 11.1 Å². The van der Waals surface area contributed by atoms with Crippen molar-refractivity contribution in [3.8, 4) is 0 Å². The summed E-state index contributed by atoms with van der Waals surface area (Å²) < 4.78 is 22.5. The molecule has 0 saturated carbocycles. The van der Waals surface area contributed by atoms with E-state index in [2.05, 4.69) is 10.3 Å². The smallest absolute Gasteiger partial charge is 0.249 e. The van der Waals surface area contributed by atoms with E-state index in [9.17, 15) is 13.2 Å². The third-order valence-electron chi connectivity index (χ3n) is 1.88. The van der Waals surface area contributed by atoms with Gasteiger partial charge in [-0.2, -0.15) is 0 Å². The van der Waals surface area contributed by atoms with E-state index in [1.54, 1.807) is 13.0 Å². The zero-order valence-corrected chi connectivity index (χ0v) is 10.3. The van der Waals surface area contributed by atoms with E-state index >= 15 is 0 Å². The molecule has 0 atom stereocenters. The number of carbonyl (C=O) groups excluding carboxylic acids is 1. The number of nitrogens with two attached hydrogens (primary N) is 1. The molecule has 0 unspecified atom stereocenters. The lowest BCUT2D eigenvalue weighted by molar-refractivity contribution is -0.111. The number of hydrogen-bond acceptors (Lipinski definition) is 5. The van der Waals surface area contributed by atoms with Crippen molar-refractivity contribution in [1.82, 2.24) is 4.98 Å². The summed E-state index contributed by atoms with van der Waals surface area (Å²) in [4.78, 5) is 15.0. The quantitative estimate of drug-likeness (QED) is 0.769.